The molecule has 0 aromatic heterocycles. The van der Waals surface area contributed by atoms with Crippen LogP contribution in [0, 0.1) is 10.1 Å². The molecule has 0 spiro atoms. The van der Waals surface area contributed by atoms with Gasteiger partial charge < -0.3 is 5.32 Å². The van der Waals surface area contributed by atoms with Crippen LogP contribution in [0.4, 0.5) is 11.4 Å². The maximum Gasteiger partial charge on any atom is 0.293 e. The van der Waals surface area contributed by atoms with Gasteiger partial charge in [0.25, 0.3) is 5.69 Å². The summed E-state index contributed by atoms with van der Waals surface area (Å²) in [6, 6.07) is 5.44. The van der Waals surface area contributed by atoms with Gasteiger partial charge in [-0.25, -0.2) is 0 Å². The van der Waals surface area contributed by atoms with Crippen LogP contribution in [0.1, 0.15) is 13.3 Å². The Morgan fingerprint density at radius 1 is 1.59 bits per heavy atom. The first-order valence-electron chi connectivity index (χ1n) is 5.40. The van der Waals surface area contributed by atoms with E-state index in [9.17, 15) is 10.1 Å². The summed E-state index contributed by atoms with van der Waals surface area (Å²) in [5.41, 5.74) is 0.737. The normalized spacial score (nSPS) is 23.6. The molecule has 1 aliphatic rings. The standard InChI is InChI=1S/C11H13BrN2O2S/c1-7-9(4-5-17-7)13-10-3-2-8(12)6-11(10)14(15)16/h2-3,6-7,9,13H,4-5H2,1H3. The number of benzene rings is 1. The quantitative estimate of drug-likeness (QED) is 0.683. The Hall–Kier alpha value is -0.750. The molecule has 4 nitrogen and oxygen atoms in total. The van der Waals surface area contributed by atoms with Crippen molar-refractivity contribution in [1.82, 2.24) is 0 Å². The van der Waals surface area contributed by atoms with Gasteiger partial charge in [0.15, 0.2) is 0 Å². The molecule has 2 atom stereocenters. The van der Waals surface area contributed by atoms with Crippen LogP contribution in [-0.2, 0) is 0 Å². The van der Waals surface area contributed by atoms with E-state index in [0.717, 1.165) is 16.6 Å². The highest BCUT2D eigenvalue weighted by atomic mass is 79.9. The Morgan fingerprint density at radius 3 is 2.94 bits per heavy atom. The van der Waals surface area contributed by atoms with Crippen molar-refractivity contribution in [1.29, 1.82) is 0 Å². The third-order valence-electron chi connectivity index (χ3n) is 2.87. The number of halogens is 1. The minimum Gasteiger partial charge on any atom is -0.376 e. The molecular formula is C11H13BrN2O2S. The van der Waals surface area contributed by atoms with E-state index < -0.39 is 0 Å². The third kappa shape index (κ3) is 2.93. The highest BCUT2D eigenvalue weighted by molar-refractivity contribution is 9.10. The van der Waals surface area contributed by atoms with Gasteiger partial charge in [-0.05, 0) is 24.3 Å². The van der Waals surface area contributed by atoms with Gasteiger partial charge in [0, 0.05) is 21.8 Å². The number of nitro groups is 1. The first-order chi connectivity index (χ1) is 8.08. The molecule has 2 unspecified atom stereocenters. The lowest BCUT2D eigenvalue weighted by molar-refractivity contribution is -0.384. The molecule has 1 aromatic rings. The summed E-state index contributed by atoms with van der Waals surface area (Å²) >= 11 is 5.15. The molecule has 6 heteroatoms. The van der Waals surface area contributed by atoms with E-state index in [1.54, 1.807) is 6.07 Å². The van der Waals surface area contributed by atoms with Crippen LogP contribution >= 0.6 is 27.7 Å². The van der Waals surface area contributed by atoms with E-state index in [-0.39, 0.29) is 10.6 Å². The number of nitrogens with zero attached hydrogens (tertiary/aromatic N) is 1. The summed E-state index contributed by atoms with van der Waals surface area (Å²) in [4.78, 5) is 10.6. The van der Waals surface area contributed by atoms with Crippen LogP contribution in [0.2, 0.25) is 0 Å². The SMILES string of the molecule is CC1SCCC1Nc1ccc(Br)cc1[N+](=O)[O-]. The summed E-state index contributed by atoms with van der Waals surface area (Å²) in [7, 11) is 0. The fourth-order valence-corrected chi connectivity index (χ4v) is 3.45. The molecule has 0 amide bonds. The molecule has 1 N–H and O–H groups in total. The van der Waals surface area contributed by atoms with Crippen molar-refractivity contribution in [2.75, 3.05) is 11.1 Å². The van der Waals surface area contributed by atoms with Gasteiger partial charge in [-0.1, -0.05) is 22.9 Å². The zero-order chi connectivity index (χ0) is 12.4. The average molecular weight is 317 g/mol. The number of nitrogens with one attached hydrogen (secondary N) is 1. The molecular weight excluding hydrogens is 304 g/mol. The first-order valence-corrected chi connectivity index (χ1v) is 7.24. The van der Waals surface area contributed by atoms with Crippen LogP contribution < -0.4 is 5.32 Å². The molecule has 1 fully saturated rings. The maximum absolute atomic E-state index is 11.0. The van der Waals surface area contributed by atoms with Gasteiger partial charge in [-0.3, -0.25) is 10.1 Å². The van der Waals surface area contributed by atoms with E-state index in [1.807, 2.05) is 17.8 Å². The number of anilines is 1. The van der Waals surface area contributed by atoms with E-state index in [2.05, 4.69) is 28.2 Å². The number of rotatable bonds is 3. The molecule has 1 aliphatic heterocycles. The van der Waals surface area contributed by atoms with Gasteiger partial charge in [0.2, 0.25) is 0 Å². The highest BCUT2D eigenvalue weighted by Gasteiger charge is 2.26. The average Bonchev–Trinajstić information content (AvgIpc) is 2.67. The number of hydrogen-bond donors (Lipinski definition) is 1. The third-order valence-corrected chi connectivity index (χ3v) is 4.69. The van der Waals surface area contributed by atoms with Crippen molar-refractivity contribution in [2.24, 2.45) is 0 Å². The molecule has 1 heterocycles. The van der Waals surface area contributed by atoms with Crippen molar-refractivity contribution < 1.29 is 4.92 Å². The Kier molecular flexibility index (Phi) is 3.93. The molecule has 0 aliphatic carbocycles. The largest absolute Gasteiger partial charge is 0.376 e. The van der Waals surface area contributed by atoms with Gasteiger partial charge in [0.1, 0.15) is 5.69 Å². The molecule has 17 heavy (non-hydrogen) atoms. The van der Waals surface area contributed by atoms with E-state index >= 15 is 0 Å². The summed E-state index contributed by atoms with van der Waals surface area (Å²) in [5, 5.41) is 14.8. The predicted octanol–water partition coefficient (Wildman–Crippen LogP) is 3.66. The van der Waals surface area contributed by atoms with Crippen molar-refractivity contribution in [3.05, 3.63) is 32.8 Å². The molecule has 0 radical (unpaired) electrons. The zero-order valence-corrected chi connectivity index (χ0v) is 11.8. The van der Waals surface area contributed by atoms with Crippen molar-refractivity contribution in [3.63, 3.8) is 0 Å². The fraction of sp³-hybridized carbons (Fsp3) is 0.455. The monoisotopic (exact) mass is 316 g/mol. The molecule has 0 bridgehead atoms. The minimum atomic E-state index is -0.347. The molecule has 0 saturated carbocycles. The smallest absolute Gasteiger partial charge is 0.293 e. The summed E-state index contributed by atoms with van der Waals surface area (Å²) in [5.74, 6) is 1.11. The van der Waals surface area contributed by atoms with E-state index in [4.69, 9.17) is 0 Å². The van der Waals surface area contributed by atoms with E-state index in [1.165, 1.54) is 6.07 Å². The second kappa shape index (κ2) is 5.27. The topological polar surface area (TPSA) is 55.2 Å². The lowest BCUT2D eigenvalue weighted by Crippen LogP contribution is -2.25. The Balaban J connectivity index is 2.22. The predicted molar refractivity (Wildman–Crippen MR) is 74.7 cm³/mol. The van der Waals surface area contributed by atoms with Crippen molar-refractivity contribution in [2.45, 2.75) is 24.6 Å². The van der Waals surface area contributed by atoms with Gasteiger partial charge >= 0.3 is 0 Å². The van der Waals surface area contributed by atoms with Crippen LogP contribution in [0.3, 0.4) is 0 Å². The second-order valence-corrected chi connectivity index (χ2v) is 6.43. The summed E-state index contributed by atoms with van der Waals surface area (Å²) in [6.45, 7) is 2.15. The summed E-state index contributed by atoms with van der Waals surface area (Å²) in [6.07, 6.45) is 1.05. The minimum absolute atomic E-state index is 0.128. The molecule has 1 aromatic carbocycles. The van der Waals surface area contributed by atoms with Crippen LogP contribution in [0.15, 0.2) is 22.7 Å². The fourth-order valence-electron chi connectivity index (χ4n) is 1.90. The first kappa shape index (κ1) is 12.7. The van der Waals surface area contributed by atoms with Crippen LogP contribution in [0.5, 0.6) is 0 Å². The number of thioether (sulfide) groups is 1. The zero-order valence-electron chi connectivity index (χ0n) is 9.35. The lowest BCUT2D eigenvalue weighted by atomic mass is 10.1. The molecule has 92 valence electrons. The molecule has 1 saturated heterocycles. The van der Waals surface area contributed by atoms with Gasteiger partial charge in [0.05, 0.1) is 4.92 Å². The Bertz CT molecular complexity index is 441. The maximum atomic E-state index is 11.0. The van der Waals surface area contributed by atoms with Crippen LogP contribution in [0.25, 0.3) is 0 Å². The number of nitro benzene ring substituents is 1. The number of hydrogen-bond acceptors (Lipinski definition) is 4. The van der Waals surface area contributed by atoms with Crippen LogP contribution in [-0.4, -0.2) is 22.0 Å². The lowest BCUT2D eigenvalue weighted by Gasteiger charge is -2.17. The summed E-state index contributed by atoms with van der Waals surface area (Å²) < 4.78 is 0.726. The second-order valence-electron chi connectivity index (χ2n) is 4.03. The highest BCUT2D eigenvalue weighted by Crippen LogP contribution is 2.33. The Labute approximate surface area is 112 Å². The van der Waals surface area contributed by atoms with E-state index in [0.29, 0.717) is 17.0 Å². The van der Waals surface area contributed by atoms with Crippen molar-refractivity contribution in [3.8, 4) is 0 Å². The molecule has 2 rings (SSSR count). The van der Waals surface area contributed by atoms with Gasteiger partial charge in [-0.2, -0.15) is 11.8 Å². The van der Waals surface area contributed by atoms with Gasteiger partial charge in [-0.15, -0.1) is 0 Å². The Morgan fingerprint density at radius 2 is 2.35 bits per heavy atom. The van der Waals surface area contributed by atoms with Crippen molar-refractivity contribution >= 4 is 39.1 Å².